The first-order valence-electron chi connectivity index (χ1n) is 6.30. The Morgan fingerprint density at radius 3 is 1.74 bits per heavy atom. The zero-order chi connectivity index (χ0) is 13.6. The van der Waals surface area contributed by atoms with E-state index >= 15 is 0 Å². The van der Waals surface area contributed by atoms with Crippen molar-refractivity contribution in [1.29, 1.82) is 0 Å². The molecule has 0 amide bonds. The van der Waals surface area contributed by atoms with Crippen LogP contribution in [0.15, 0.2) is 24.3 Å². The quantitative estimate of drug-likeness (QED) is 0.866. The van der Waals surface area contributed by atoms with Crippen LogP contribution in [0.4, 0.5) is 11.4 Å². The van der Waals surface area contributed by atoms with Gasteiger partial charge in [0.15, 0.2) is 0 Å². The highest BCUT2D eigenvalue weighted by atomic mass is 16.5. The molecule has 0 fully saturated rings. The Morgan fingerprint density at radius 2 is 1.32 bits per heavy atom. The molecule has 0 saturated heterocycles. The summed E-state index contributed by atoms with van der Waals surface area (Å²) in [7, 11) is 3.38. The van der Waals surface area contributed by atoms with Crippen molar-refractivity contribution in [3.8, 4) is 11.5 Å². The third kappa shape index (κ3) is 1.75. The largest absolute Gasteiger partial charge is 0.495 e. The lowest BCUT2D eigenvalue weighted by molar-refractivity contribution is 0.412. The second-order valence-corrected chi connectivity index (χ2v) is 5.26. The predicted molar refractivity (Wildman–Crippen MR) is 78.4 cm³/mol. The smallest absolute Gasteiger partial charge is 0.142 e. The van der Waals surface area contributed by atoms with Crippen molar-refractivity contribution in [2.45, 2.75) is 19.5 Å². The van der Waals surface area contributed by atoms with Gasteiger partial charge in [-0.25, -0.2) is 0 Å². The summed E-state index contributed by atoms with van der Waals surface area (Å²) in [6.45, 7) is 4.17. The fourth-order valence-electron chi connectivity index (χ4n) is 2.62. The molecule has 19 heavy (non-hydrogen) atoms. The molecule has 0 saturated carbocycles. The van der Waals surface area contributed by atoms with Crippen molar-refractivity contribution >= 4 is 22.1 Å². The molecule has 1 aliphatic heterocycles. The molecule has 100 valence electrons. The van der Waals surface area contributed by atoms with Crippen molar-refractivity contribution in [2.75, 3.05) is 24.9 Å². The van der Waals surface area contributed by atoms with E-state index in [4.69, 9.17) is 9.47 Å². The molecule has 0 unspecified atom stereocenters. The predicted octanol–water partition coefficient (Wildman–Crippen LogP) is 3.43. The molecule has 2 aromatic rings. The van der Waals surface area contributed by atoms with Gasteiger partial charge in [0.1, 0.15) is 17.2 Å². The van der Waals surface area contributed by atoms with Crippen LogP contribution in [0.2, 0.25) is 0 Å². The van der Waals surface area contributed by atoms with Gasteiger partial charge in [-0.3, -0.25) is 0 Å². The summed E-state index contributed by atoms with van der Waals surface area (Å²) in [4.78, 5) is 0. The molecule has 1 heterocycles. The number of hydrogen-bond donors (Lipinski definition) is 2. The first kappa shape index (κ1) is 12.0. The fraction of sp³-hybridized carbons (Fsp3) is 0.333. The highest BCUT2D eigenvalue weighted by Crippen LogP contribution is 2.46. The van der Waals surface area contributed by atoms with E-state index in [1.165, 1.54) is 0 Å². The SMILES string of the molecule is COc1ccc2ccc(OC)c3c2c1NC(C)(C)N3. The Morgan fingerprint density at radius 1 is 0.842 bits per heavy atom. The van der Waals surface area contributed by atoms with Crippen LogP contribution in [0.1, 0.15) is 13.8 Å². The number of methoxy groups -OCH3 is 2. The number of nitrogens with one attached hydrogen (secondary N) is 2. The molecule has 2 N–H and O–H groups in total. The lowest BCUT2D eigenvalue weighted by Gasteiger charge is -2.37. The molecule has 4 heteroatoms. The van der Waals surface area contributed by atoms with Crippen LogP contribution in [-0.4, -0.2) is 19.9 Å². The van der Waals surface area contributed by atoms with E-state index in [1.807, 2.05) is 12.1 Å². The third-order valence-electron chi connectivity index (χ3n) is 3.42. The number of ether oxygens (including phenoxy) is 2. The molecular weight excluding hydrogens is 240 g/mol. The number of benzene rings is 2. The molecule has 2 aromatic carbocycles. The van der Waals surface area contributed by atoms with E-state index < -0.39 is 0 Å². The van der Waals surface area contributed by atoms with Crippen LogP contribution in [0, 0.1) is 0 Å². The van der Waals surface area contributed by atoms with Gasteiger partial charge >= 0.3 is 0 Å². The van der Waals surface area contributed by atoms with E-state index in [2.05, 4.69) is 36.6 Å². The molecular formula is C15H18N2O2. The maximum absolute atomic E-state index is 5.47. The summed E-state index contributed by atoms with van der Waals surface area (Å²) in [6, 6.07) is 8.09. The van der Waals surface area contributed by atoms with Crippen LogP contribution in [0.3, 0.4) is 0 Å². The van der Waals surface area contributed by atoms with Gasteiger partial charge in [0.2, 0.25) is 0 Å². The standard InChI is InChI=1S/C15H18N2O2/c1-15(2)16-13-10(18-3)7-5-9-6-8-11(19-4)14(17-15)12(9)13/h5-8,16-17H,1-4H3. The molecule has 1 aliphatic rings. The summed E-state index contributed by atoms with van der Waals surface area (Å²) < 4.78 is 10.9. The second-order valence-electron chi connectivity index (χ2n) is 5.26. The number of anilines is 2. The summed E-state index contributed by atoms with van der Waals surface area (Å²) in [5, 5.41) is 9.22. The van der Waals surface area contributed by atoms with Gasteiger partial charge < -0.3 is 20.1 Å². The molecule has 3 rings (SSSR count). The van der Waals surface area contributed by atoms with Crippen molar-refractivity contribution in [1.82, 2.24) is 0 Å². The third-order valence-corrected chi connectivity index (χ3v) is 3.42. The van der Waals surface area contributed by atoms with E-state index in [9.17, 15) is 0 Å². The van der Waals surface area contributed by atoms with Crippen LogP contribution in [0.5, 0.6) is 11.5 Å². The number of rotatable bonds is 2. The first-order chi connectivity index (χ1) is 9.05. The second kappa shape index (κ2) is 3.95. The summed E-state index contributed by atoms with van der Waals surface area (Å²) in [5.74, 6) is 1.69. The van der Waals surface area contributed by atoms with Gasteiger partial charge in [-0.1, -0.05) is 12.1 Å². The first-order valence-corrected chi connectivity index (χ1v) is 6.30. The summed E-state index contributed by atoms with van der Waals surface area (Å²) in [6.07, 6.45) is 0. The van der Waals surface area contributed by atoms with Crippen LogP contribution >= 0.6 is 0 Å². The van der Waals surface area contributed by atoms with Gasteiger partial charge in [-0.2, -0.15) is 0 Å². The molecule has 0 aromatic heterocycles. The minimum atomic E-state index is -0.261. The molecule has 0 radical (unpaired) electrons. The minimum Gasteiger partial charge on any atom is -0.495 e. The topological polar surface area (TPSA) is 42.5 Å². The Bertz CT molecular complexity index is 599. The van der Waals surface area contributed by atoms with E-state index in [0.29, 0.717) is 0 Å². The Kier molecular flexibility index (Phi) is 2.49. The Balaban J connectivity index is 2.39. The average Bonchev–Trinajstić information content (AvgIpc) is 2.38. The number of hydrogen-bond acceptors (Lipinski definition) is 4. The molecule has 0 aliphatic carbocycles. The van der Waals surface area contributed by atoms with Gasteiger partial charge in [-0.15, -0.1) is 0 Å². The van der Waals surface area contributed by atoms with Crippen LogP contribution < -0.4 is 20.1 Å². The Labute approximate surface area is 112 Å². The lowest BCUT2D eigenvalue weighted by atomic mass is 9.99. The molecule has 0 spiro atoms. The van der Waals surface area contributed by atoms with Crippen LogP contribution in [0.25, 0.3) is 10.8 Å². The molecule has 4 nitrogen and oxygen atoms in total. The maximum atomic E-state index is 5.47. The van der Waals surface area contributed by atoms with Gasteiger partial charge in [0, 0.05) is 5.39 Å². The molecule has 0 atom stereocenters. The van der Waals surface area contributed by atoms with Gasteiger partial charge in [0.25, 0.3) is 0 Å². The van der Waals surface area contributed by atoms with Crippen molar-refractivity contribution in [2.24, 2.45) is 0 Å². The minimum absolute atomic E-state index is 0.261. The Hall–Kier alpha value is -2.10. The maximum Gasteiger partial charge on any atom is 0.142 e. The normalized spacial score (nSPS) is 15.6. The highest BCUT2D eigenvalue weighted by Gasteiger charge is 2.29. The molecule has 0 bridgehead atoms. The fourth-order valence-corrected chi connectivity index (χ4v) is 2.62. The van der Waals surface area contributed by atoms with Crippen LogP contribution in [-0.2, 0) is 0 Å². The van der Waals surface area contributed by atoms with E-state index in [1.54, 1.807) is 14.2 Å². The zero-order valence-corrected chi connectivity index (χ0v) is 11.6. The average molecular weight is 258 g/mol. The summed E-state index contributed by atoms with van der Waals surface area (Å²) in [5.41, 5.74) is 1.76. The monoisotopic (exact) mass is 258 g/mol. The van der Waals surface area contributed by atoms with E-state index in [0.717, 1.165) is 33.6 Å². The highest BCUT2D eigenvalue weighted by molar-refractivity contribution is 6.09. The lowest BCUT2D eigenvalue weighted by Crippen LogP contribution is -2.42. The zero-order valence-electron chi connectivity index (χ0n) is 11.6. The van der Waals surface area contributed by atoms with Gasteiger partial charge in [-0.05, 0) is 31.4 Å². The van der Waals surface area contributed by atoms with Gasteiger partial charge in [0.05, 0.1) is 25.6 Å². The van der Waals surface area contributed by atoms with E-state index in [-0.39, 0.29) is 5.66 Å². The van der Waals surface area contributed by atoms with Crippen molar-refractivity contribution in [3.63, 3.8) is 0 Å². The van der Waals surface area contributed by atoms with Crippen molar-refractivity contribution in [3.05, 3.63) is 24.3 Å². The summed E-state index contributed by atoms with van der Waals surface area (Å²) >= 11 is 0. The van der Waals surface area contributed by atoms with Crippen molar-refractivity contribution < 1.29 is 9.47 Å².